The number of carbonyl (C=O) groups is 1. The molecule has 1 amide bonds. The topological polar surface area (TPSA) is 49.0 Å². The first-order chi connectivity index (χ1) is 7.18. The molecule has 0 saturated heterocycles. The fourth-order valence-corrected chi connectivity index (χ4v) is 2.15. The van der Waals surface area contributed by atoms with Gasteiger partial charge in [0.15, 0.2) is 0 Å². The number of nitrogens with zero attached hydrogens (tertiary/aromatic N) is 2. The van der Waals surface area contributed by atoms with Crippen LogP contribution < -0.4 is 0 Å². The summed E-state index contributed by atoms with van der Waals surface area (Å²) >= 11 is 1.45. The minimum atomic E-state index is 0.0331. The Morgan fingerprint density at radius 3 is 2.93 bits per heavy atom. The molecule has 4 nitrogen and oxygen atoms in total. The van der Waals surface area contributed by atoms with E-state index in [1.165, 1.54) is 11.3 Å². The number of H-pyrrole nitrogens is 1. The van der Waals surface area contributed by atoms with Crippen LogP contribution in [-0.2, 0) is 0 Å². The average Bonchev–Trinajstić information content (AvgIpc) is 2.86. The highest BCUT2D eigenvalue weighted by Gasteiger charge is 2.11. The fraction of sp³-hybridized carbons (Fsp3) is 0.200. The van der Waals surface area contributed by atoms with Gasteiger partial charge in [-0.3, -0.25) is 4.79 Å². The Morgan fingerprint density at radius 2 is 2.33 bits per heavy atom. The maximum Gasteiger partial charge on any atom is 0.263 e. The number of imidazole rings is 1. The van der Waals surface area contributed by atoms with Gasteiger partial charge < -0.3 is 9.88 Å². The van der Waals surface area contributed by atoms with Crippen LogP contribution in [0.1, 0.15) is 9.67 Å². The summed E-state index contributed by atoms with van der Waals surface area (Å²) in [4.78, 5) is 20.9. The van der Waals surface area contributed by atoms with Gasteiger partial charge in [-0.15, -0.1) is 11.3 Å². The summed E-state index contributed by atoms with van der Waals surface area (Å²) in [6.07, 6.45) is 3.37. The summed E-state index contributed by atoms with van der Waals surface area (Å²) in [6.45, 7) is 0. The summed E-state index contributed by atoms with van der Waals surface area (Å²) < 4.78 is 0. The van der Waals surface area contributed by atoms with Gasteiger partial charge in [-0.2, -0.15) is 0 Å². The smallest absolute Gasteiger partial charge is 0.263 e. The van der Waals surface area contributed by atoms with Gasteiger partial charge in [0.05, 0.1) is 23.1 Å². The molecule has 2 rings (SSSR count). The Kier molecular flexibility index (Phi) is 2.55. The normalized spacial score (nSPS) is 10.3. The van der Waals surface area contributed by atoms with Crippen molar-refractivity contribution in [1.82, 2.24) is 14.9 Å². The molecule has 0 radical (unpaired) electrons. The van der Waals surface area contributed by atoms with Crippen LogP contribution in [0.5, 0.6) is 0 Å². The van der Waals surface area contributed by atoms with Crippen molar-refractivity contribution in [2.75, 3.05) is 14.1 Å². The molecule has 5 heteroatoms. The van der Waals surface area contributed by atoms with Crippen molar-refractivity contribution in [2.45, 2.75) is 0 Å². The van der Waals surface area contributed by atoms with E-state index in [1.54, 1.807) is 31.5 Å². The largest absolute Gasteiger partial charge is 0.345 e. The summed E-state index contributed by atoms with van der Waals surface area (Å²) in [5.41, 5.74) is 1.94. The lowest BCUT2D eigenvalue weighted by Gasteiger charge is -2.06. The van der Waals surface area contributed by atoms with Crippen LogP contribution in [0.2, 0.25) is 0 Å². The van der Waals surface area contributed by atoms with Crippen LogP contribution in [0.4, 0.5) is 0 Å². The van der Waals surface area contributed by atoms with Gasteiger partial charge in [0, 0.05) is 25.0 Å². The van der Waals surface area contributed by atoms with E-state index in [2.05, 4.69) is 9.97 Å². The Balaban J connectivity index is 2.29. The molecule has 2 aromatic heterocycles. The molecule has 0 fully saturated rings. The molecule has 15 heavy (non-hydrogen) atoms. The number of hydrogen-bond acceptors (Lipinski definition) is 3. The first kappa shape index (κ1) is 9.92. The van der Waals surface area contributed by atoms with Crippen molar-refractivity contribution in [1.29, 1.82) is 0 Å². The number of nitrogens with one attached hydrogen (secondary N) is 1. The van der Waals surface area contributed by atoms with E-state index in [1.807, 2.05) is 11.4 Å². The highest BCUT2D eigenvalue weighted by atomic mass is 32.1. The molecule has 78 valence electrons. The van der Waals surface area contributed by atoms with Gasteiger partial charge >= 0.3 is 0 Å². The minimum Gasteiger partial charge on any atom is -0.345 e. The van der Waals surface area contributed by atoms with Gasteiger partial charge in [-0.05, 0) is 6.07 Å². The Labute approximate surface area is 91.6 Å². The van der Waals surface area contributed by atoms with E-state index >= 15 is 0 Å². The fourth-order valence-electron chi connectivity index (χ4n) is 1.22. The third kappa shape index (κ3) is 1.92. The van der Waals surface area contributed by atoms with Crippen molar-refractivity contribution < 1.29 is 4.79 Å². The molecular weight excluding hydrogens is 210 g/mol. The summed E-state index contributed by atoms with van der Waals surface area (Å²) in [5, 5.41) is 1.95. The molecule has 0 aliphatic rings. The second kappa shape index (κ2) is 3.86. The summed E-state index contributed by atoms with van der Waals surface area (Å²) in [7, 11) is 3.50. The third-order valence-corrected chi connectivity index (χ3v) is 2.94. The van der Waals surface area contributed by atoms with Crippen molar-refractivity contribution in [3.63, 3.8) is 0 Å². The van der Waals surface area contributed by atoms with Crippen molar-refractivity contribution in [3.8, 4) is 11.3 Å². The average molecular weight is 221 g/mol. The maximum absolute atomic E-state index is 11.6. The predicted octanol–water partition coefficient (Wildman–Crippen LogP) is 1.84. The number of amides is 1. The molecular formula is C10H11N3OS. The zero-order chi connectivity index (χ0) is 10.8. The number of carbonyl (C=O) groups excluding carboxylic acids is 1. The van der Waals surface area contributed by atoms with Gasteiger partial charge in [0.1, 0.15) is 0 Å². The van der Waals surface area contributed by atoms with Crippen molar-refractivity contribution >= 4 is 17.2 Å². The van der Waals surface area contributed by atoms with E-state index in [-0.39, 0.29) is 5.91 Å². The molecule has 0 saturated carbocycles. The first-order valence-electron chi connectivity index (χ1n) is 4.47. The Morgan fingerprint density at radius 1 is 1.53 bits per heavy atom. The summed E-state index contributed by atoms with van der Waals surface area (Å²) in [6, 6.07) is 1.88. The predicted molar refractivity (Wildman–Crippen MR) is 59.9 cm³/mol. The lowest BCUT2D eigenvalue weighted by atomic mass is 10.2. The molecule has 0 unspecified atom stereocenters. The minimum absolute atomic E-state index is 0.0331. The highest BCUT2D eigenvalue weighted by Crippen LogP contribution is 2.24. The van der Waals surface area contributed by atoms with Gasteiger partial charge in [-0.25, -0.2) is 4.98 Å². The Hall–Kier alpha value is -1.62. The van der Waals surface area contributed by atoms with Gasteiger partial charge in [0.25, 0.3) is 5.91 Å². The number of thiophene rings is 1. The second-order valence-electron chi connectivity index (χ2n) is 3.36. The Bertz CT molecular complexity index is 459. The quantitative estimate of drug-likeness (QED) is 0.841. The van der Waals surface area contributed by atoms with Gasteiger partial charge in [-0.1, -0.05) is 0 Å². The van der Waals surface area contributed by atoms with Crippen LogP contribution in [0.25, 0.3) is 11.3 Å². The summed E-state index contributed by atoms with van der Waals surface area (Å²) in [5.74, 6) is 0.0331. The molecule has 2 aromatic rings. The molecule has 0 bridgehead atoms. The van der Waals surface area contributed by atoms with E-state index < -0.39 is 0 Å². The lowest BCUT2D eigenvalue weighted by Crippen LogP contribution is -2.20. The zero-order valence-corrected chi connectivity index (χ0v) is 9.34. The molecule has 2 heterocycles. The standard InChI is InChI=1S/C10H11N3OS/c1-13(2)10(14)9-3-7(5-15-9)8-4-11-6-12-8/h3-6H,1-2H3,(H,11,12). The number of aromatic nitrogens is 2. The first-order valence-corrected chi connectivity index (χ1v) is 5.35. The van der Waals surface area contributed by atoms with E-state index in [4.69, 9.17) is 0 Å². The van der Waals surface area contributed by atoms with E-state index in [0.717, 1.165) is 16.1 Å². The SMILES string of the molecule is CN(C)C(=O)c1cc(-c2cnc[nH]2)cs1. The second-order valence-corrected chi connectivity index (χ2v) is 4.28. The van der Waals surface area contributed by atoms with E-state index in [9.17, 15) is 4.79 Å². The van der Waals surface area contributed by atoms with Crippen molar-refractivity contribution in [3.05, 3.63) is 28.8 Å². The molecule has 0 aliphatic heterocycles. The van der Waals surface area contributed by atoms with Crippen LogP contribution in [0, 0.1) is 0 Å². The zero-order valence-electron chi connectivity index (χ0n) is 8.52. The lowest BCUT2D eigenvalue weighted by molar-refractivity contribution is 0.0832. The van der Waals surface area contributed by atoms with Crippen LogP contribution in [0.15, 0.2) is 24.0 Å². The van der Waals surface area contributed by atoms with Crippen LogP contribution >= 0.6 is 11.3 Å². The van der Waals surface area contributed by atoms with Gasteiger partial charge in [0.2, 0.25) is 0 Å². The number of aromatic amines is 1. The van der Waals surface area contributed by atoms with E-state index in [0.29, 0.717) is 0 Å². The monoisotopic (exact) mass is 221 g/mol. The van der Waals surface area contributed by atoms with Crippen molar-refractivity contribution in [2.24, 2.45) is 0 Å². The van der Waals surface area contributed by atoms with Crippen LogP contribution in [-0.4, -0.2) is 34.9 Å². The maximum atomic E-state index is 11.6. The highest BCUT2D eigenvalue weighted by molar-refractivity contribution is 7.12. The molecule has 0 spiro atoms. The third-order valence-electron chi connectivity index (χ3n) is 2.03. The number of hydrogen-bond donors (Lipinski definition) is 1. The number of rotatable bonds is 2. The molecule has 1 N–H and O–H groups in total. The molecule has 0 aliphatic carbocycles. The molecule has 0 aromatic carbocycles. The molecule has 0 atom stereocenters. The van der Waals surface area contributed by atoms with Crippen LogP contribution in [0.3, 0.4) is 0 Å².